The number of rotatable bonds is 2. The zero-order chi connectivity index (χ0) is 31.8. The van der Waals surface area contributed by atoms with Crippen molar-refractivity contribution in [3.8, 4) is 0 Å². The molecule has 7 heterocycles. The van der Waals surface area contributed by atoms with Crippen LogP contribution in [-0.2, 0) is 51.2 Å². The number of alkyl halides is 2. The van der Waals surface area contributed by atoms with Gasteiger partial charge in [-0.3, -0.25) is 23.4 Å². The fourth-order valence-corrected chi connectivity index (χ4v) is 8.65. The number of H-pyrrole nitrogens is 1. The summed E-state index contributed by atoms with van der Waals surface area (Å²) in [6, 6.07) is 0. The largest absolute Gasteiger partial charge is 0.382 e. The van der Waals surface area contributed by atoms with Crippen molar-refractivity contribution in [1.82, 2.24) is 39.0 Å². The smallest absolute Gasteiger partial charge is 0.325 e. The first-order chi connectivity index (χ1) is 21.3. The number of nitrogen functional groups attached to an aromatic ring is 2. The van der Waals surface area contributed by atoms with Crippen LogP contribution in [-0.4, -0.2) is 93.9 Å². The van der Waals surface area contributed by atoms with Crippen LogP contribution in [0, 0.1) is 0 Å². The monoisotopic (exact) mass is 726 g/mol. The molecular weight excluding hydrogens is 704 g/mol. The average molecular weight is 727 g/mol. The zero-order valence-corrected chi connectivity index (χ0v) is 26.6. The van der Waals surface area contributed by atoms with Crippen molar-refractivity contribution in [2.24, 2.45) is 0 Å². The van der Waals surface area contributed by atoms with Crippen LogP contribution in [0.1, 0.15) is 12.5 Å². The van der Waals surface area contributed by atoms with E-state index in [4.69, 9.17) is 62.6 Å². The van der Waals surface area contributed by atoms with Crippen LogP contribution in [0.4, 0.5) is 20.5 Å². The van der Waals surface area contributed by atoms with Crippen LogP contribution < -0.4 is 17.0 Å². The Balaban J connectivity index is 1.17. The summed E-state index contributed by atoms with van der Waals surface area (Å²) >= 11 is 15.0. The number of fused-ring (bicyclic) bond motifs is 4. The first-order valence-electron chi connectivity index (χ1n) is 12.9. The summed E-state index contributed by atoms with van der Waals surface area (Å²) in [6.07, 6.45) is -8.69. The van der Waals surface area contributed by atoms with E-state index in [2.05, 4.69) is 42.2 Å². The third-order valence-electron chi connectivity index (χ3n) is 7.23. The van der Waals surface area contributed by atoms with Gasteiger partial charge in [0.15, 0.2) is 47.4 Å². The molecule has 0 spiro atoms. The van der Waals surface area contributed by atoms with Gasteiger partial charge in [-0.25, -0.2) is 28.7 Å². The number of anilines is 2. The molecule has 0 aromatic carbocycles. The maximum atomic E-state index is 16.1. The second kappa shape index (κ2) is 11.5. The fourth-order valence-electron chi connectivity index (χ4n) is 5.25. The van der Waals surface area contributed by atoms with Gasteiger partial charge in [0.05, 0.1) is 25.9 Å². The lowest BCUT2D eigenvalue weighted by Gasteiger charge is -2.30. The van der Waals surface area contributed by atoms with Gasteiger partial charge in [0, 0.05) is 0 Å². The van der Waals surface area contributed by atoms with Gasteiger partial charge in [-0.05, 0) is 23.6 Å². The van der Waals surface area contributed by atoms with E-state index in [1.165, 1.54) is 17.2 Å². The molecule has 18 nitrogen and oxygen atoms in total. The Kier molecular flexibility index (Phi) is 7.98. The van der Waals surface area contributed by atoms with Crippen molar-refractivity contribution in [2.45, 2.75) is 49.2 Å². The Morgan fingerprint density at radius 3 is 2.22 bits per heavy atom. The van der Waals surface area contributed by atoms with Gasteiger partial charge in [-0.15, -0.1) is 0 Å². The molecule has 4 aromatic rings. The molecule has 242 valence electrons. The molecule has 10 atom stereocenters. The minimum atomic E-state index is -4.24. The number of nitrogens with two attached hydrogens (primary N) is 2. The third-order valence-corrected chi connectivity index (χ3v) is 11.0. The molecule has 0 aliphatic carbocycles. The number of aromatic nitrogens is 8. The summed E-state index contributed by atoms with van der Waals surface area (Å²) in [6.45, 7) is -5.28. The number of hydrogen-bond acceptors (Lipinski definition) is 16. The first kappa shape index (κ1) is 31.3. The van der Waals surface area contributed by atoms with E-state index in [1.54, 1.807) is 0 Å². The van der Waals surface area contributed by atoms with E-state index in [1.807, 2.05) is 0 Å². The van der Waals surface area contributed by atoms with Crippen molar-refractivity contribution in [1.29, 1.82) is 0 Å². The highest BCUT2D eigenvalue weighted by Crippen LogP contribution is 2.59. The number of aromatic amines is 1. The minimum Gasteiger partial charge on any atom is -0.382 e. The van der Waals surface area contributed by atoms with Crippen molar-refractivity contribution in [2.75, 3.05) is 24.7 Å². The number of nitrogens with zero attached hydrogens (tertiary/aromatic N) is 7. The number of nitrogens with one attached hydrogen (secondary N) is 1. The van der Waals surface area contributed by atoms with Crippen molar-refractivity contribution in [3.05, 3.63) is 29.3 Å². The van der Waals surface area contributed by atoms with Gasteiger partial charge < -0.3 is 39.4 Å². The molecule has 45 heavy (non-hydrogen) atoms. The summed E-state index contributed by atoms with van der Waals surface area (Å²) < 4.78 is 69.1. The SMILES string of the molecule is Nc1nc2c(ncn2[C@@H]2O[C@@H]3COP(O)(=S)O[C@H]4[C@@H](F)[C@H](n5cnc6c(N)ncnc65)O[C@@H]4COP(=S)(S)O[C@H]3[C@H]2F)c(=O)[nH]1. The van der Waals surface area contributed by atoms with Gasteiger partial charge in [0.1, 0.15) is 36.3 Å². The highest BCUT2D eigenvalue weighted by Gasteiger charge is 2.53. The molecular formula is C20H22F2N10O8P2S3. The lowest BCUT2D eigenvalue weighted by molar-refractivity contribution is -0.0542. The Hall–Kier alpha value is -2.27. The van der Waals surface area contributed by atoms with E-state index in [0.717, 1.165) is 10.9 Å². The molecule has 3 aliphatic heterocycles. The van der Waals surface area contributed by atoms with E-state index < -0.39 is 80.4 Å². The maximum absolute atomic E-state index is 16.1. The molecule has 6 N–H and O–H groups in total. The second-order valence-corrected chi connectivity index (χ2v) is 18.1. The molecule has 3 aliphatic rings. The van der Waals surface area contributed by atoms with E-state index >= 15 is 8.78 Å². The normalized spacial score (nSPS) is 37.7. The van der Waals surface area contributed by atoms with Gasteiger partial charge in [-0.1, -0.05) is 12.2 Å². The number of halogens is 2. The van der Waals surface area contributed by atoms with Gasteiger partial charge in [0.2, 0.25) is 11.6 Å². The molecule has 4 aromatic heterocycles. The molecule has 3 fully saturated rings. The van der Waals surface area contributed by atoms with E-state index in [-0.39, 0.29) is 34.1 Å². The molecule has 0 saturated carbocycles. The van der Waals surface area contributed by atoms with Crippen LogP contribution in [0.2, 0.25) is 0 Å². The lowest BCUT2D eigenvalue weighted by atomic mass is 10.1. The first-order valence-corrected chi connectivity index (χ1v) is 19.3. The zero-order valence-electron chi connectivity index (χ0n) is 22.3. The van der Waals surface area contributed by atoms with Crippen LogP contribution in [0.15, 0.2) is 23.8 Å². The third kappa shape index (κ3) is 5.68. The van der Waals surface area contributed by atoms with Crippen molar-refractivity contribution in [3.63, 3.8) is 0 Å². The van der Waals surface area contributed by atoms with E-state index in [0.29, 0.717) is 0 Å². The molecule has 7 rings (SSSR count). The highest BCUT2D eigenvalue weighted by molar-refractivity contribution is 8.60. The Bertz CT molecular complexity index is 1950. The quantitative estimate of drug-likeness (QED) is 0.142. The predicted octanol–water partition coefficient (Wildman–Crippen LogP) is 0.783. The molecule has 0 bridgehead atoms. The second-order valence-electron chi connectivity index (χ2n) is 10.0. The van der Waals surface area contributed by atoms with Gasteiger partial charge >= 0.3 is 6.72 Å². The summed E-state index contributed by atoms with van der Waals surface area (Å²) in [5.41, 5.74) is 7.49. The van der Waals surface area contributed by atoms with Crippen LogP contribution in [0.5, 0.6) is 0 Å². The molecule has 3 saturated heterocycles. The van der Waals surface area contributed by atoms with Crippen molar-refractivity contribution < 1.29 is 41.2 Å². The number of ether oxygens (including phenoxy) is 2. The summed E-state index contributed by atoms with van der Waals surface area (Å²) in [5, 5.41) is 0. The Labute approximate surface area is 265 Å². The fraction of sp³-hybridized carbons (Fsp3) is 0.500. The summed E-state index contributed by atoms with van der Waals surface area (Å²) in [7, 11) is 0. The standard InChI is InChI=1S/C20H22F2N10O8P2S3/c21-8-12-7(38-18(8)31-4-27-10-14(23)25-3-26-15(10)31)2-36-42(44,45)40-13-6(1-35-41(34,43)39-12)37-19(9(13)22)32-5-28-11-16(32)29-20(24)30-17(11)33/h3-9,12-13,18-19H,1-2H2,(H,34,43)(H,44,45)(H2,23,25,26)(H3,24,29,30,33)/t6-,7-,8-,9-,12-,13-,18-,19-,41?/m1/s1. The van der Waals surface area contributed by atoms with Crippen LogP contribution in [0.25, 0.3) is 22.3 Å². The lowest BCUT2D eigenvalue weighted by Crippen LogP contribution is -2.37. The van der Waals surface area contributed by atoms with E-state index in [9.17, 15) is 9.69 Å². The highest BCUT2D eigenvalue weighted by atomic mass is 32.9. The van der Waals surface area contributed by atoms with Crippen molar-refractivity contribution >= 4 is 82.4 Å². The predicted molar refractivity (Wildman–Crippen MR) is 161 cm³/mol. The van der Waals surface area contributed by atoms with Gasteiger partial charge in [0.25, 0.3) is 5.56 Å². The number of hydrogen-bond donors (Lipinski definition) is 5. The molecule has 25 heteroatoms. The minimum absolute atomic E-state index is 0.0624. The molecule has 0 amide bonds. The molecule has 2 unspecified atom stereocenters. The van der Waals surface area contributed by atoms with Crippen LogP contribution in [0.3, 0.4) is 0 Å². The number of thiol groups is 1. The molecule has 0 radical (unpaired) electrons. The van der Waals surface area contributed by atoms with Gasteiger partial charge in [-0.2, -0.15) is 4.98 Å². The Morgan fingerprint density at radius 1 is 0.933 bits per heavy atom. The Morgan fingerprint density at radius 2 is 1.53 bits per heavy atom. The number of imidazole rings is 2. The maximum Gasteiger partial charge on any atom is 0.325 e. The average Bonchev–Trinajstić information content (AvgIpc) is 3.72. The summed E-state index contributed by atoms with van der Waals surface area (Å²) in [5.74, 6) is -0.159. The topological polar surface area (TPSA) is 235 Å². The summed E-state index contributed by atoms with van der Waals surface area (Å²) in [4.78, 5) is 45.6. The van der Waals surface area contributed by atoms with Crippen LogP contribution >= 0.6 is 24.7 Å².